The fourth-order valence-electron chi connectivity index (χ4n) is 3.63. The van der Waals surface area contributed by atoms with E-state index in [0.29, 0.717) is 37.1 Å². The van der Waals surface area contributed by atoms with Gasteiger partial charge in [0.1, 0.15) is 6.04 Å². The van der Waals surface area contributed by atoms with Crippen molar-refractivity contribution in [1.82, 2.24) is 24.2 Å². The molecule has 4 rings (SSSR count). The highest BCUT2D eigenvalue weighted by molar-refractivity contribution is 5.93. The molecule has 3 heterocycles. The van der Waals surface area contributed by atoms with E-state index in [1.54, 1.807) is 16.4 Å². The van der Waals surface area contributed by atoms with Crippen molar-refractivity contribution in [2.24, 2.45) is 5.92 Å². The number of oxazole rings is 1. The van der Waals surface area contributed by atoms with E-state index in [-0.39, 0.29) is 17.4 Å². The highest BCUT2D eigenvalue weighted by Gasteiger charge is 2.37. The van der Waals surface area contributed by atoms with Crippen molar-refractivity contribution in [2.45, 2.75) is 39.9 Å². The minimum atomic E-state index is -0.465. The van der Waals surface area contributed by atoms with Crippen molar-refractivity contribution < 1.29 is 9.21 Å². The van der Waals surface area contributed by atoms with Gasteiger partial charge in [-0.2, -0.15) is 5.10 Å². The van der Waals surface area contributed by atoms with Crippen LogP contribution in [0.1, 0.15) is 47.5 Å². The van der Waals surface area contributed by atoms with E-state index >= 15 is 0 Å². The zero-order chi connectivity index (χ0) is 19.8. The molecule has 0 saturated heterocycles. The van der Waals surface area contributed by atoms with Gasteiger partial charge in [-0.25, -0.2) is 14.5 Å². The van der Waals surface area contributed by atoms with Gasteiger partial charge in [0, 0.05) is 19.6 Å². The predicted octanol–water partition coefficient (Wildman–Crippen LogP) is 2.24. The lowest BCUT2D eigenvalue weighted by Crippen LogP contribution is -2.44. The van der Waals surface area contributed by atoms with Crippen molar-refractivity contribution in [3.8, 4) is 0 Å². The van der Waals surface area contributed by atoms with Gasteiger partial charge in [0.2, 0.25) is 5.76 Å². The monoisotopic (exact) mass is 381 g/mol. The number of aromatic nitrogens is 4. The minimum absolute atomic E-state index is 0.132. The number of hydrogen-bond donors (Lipinski definition) is 0. The second-order valence-electron chi connectivity index (χ2n) is 7.45. The lowest BCUT2D eigenvalue weighted by Gasteiger charge is -2.34. The Balaban J connectivity index is 1.83. The van der Waals surface area contributed by atoms with Gasteiger partial charge in [0.05, 0.1) is 5.69 Å². The van der Waals surface area contributed by atoms with Gasteiger partial charge in [0.15, 0.2) is 12.2 Å². The van der Waals surface area contributed by atoms with Crippen LogP contribution in [-0.2, 0) is 13.1 Å². The van der Waals surface area contributed by atoms with Crippen LogP contribution in [0.2, 0.25) is 0 Å². The summed E-state index contributed by atoms with van der Waals surface area (Å²) in [6, 6.07) is 9.18. The smallest absolute Gasteiger partial charge is 0.346 e. The number of nitrogens with zero attached hydrogens (tertiary/aromatic N) is 5. The molecule has 8 heteroatoms. The average molecular weight is 381 g/mol. The Labute approximate surface area is 162 Å². The van der Waals surface area contributed by atoms with E-state index in [0.717, 1.165) is 5.56 Å². The van der Waals surface area contributed by atoms with Crippen LogP contribution >= 0.6 is 0 Å². The number of hydrogen-bond acceptors (Lipinski definition) is 5. The maximum Gasteiger partial charge on any atom is 0.346 e. The van der Waals surface area contributed by atoms with E-state index in [1.165, 1.54) is 11.1 Å². The molecule has 146 valence electrons. The quantitative estimate of drug-likeness (QED) is 0.692. The fraction of sp³-hybridized carbons (Fsp3) is 0.400. The summed E-state index contributed by atoms with van der Waals surface area (Å²) in [6.07, 6.45) is 1.28. The maximum absolute atomic E-state index is 13.2. The summed E-state index contributed by atoms with van der Waals surface area (Å²) in [5.41, 5.74) is 1.31. The fourth-order valence-corrected chi connectivity index (χ4v) is 3.63. The maximum atomic E-state index is 13.2. The summed E-state index contributed by atoms with van der Waals surface area (Å²) in [6.45, 7) is 7.15. The molecule has 0 radical (unpaired) electrons. The van der Waals surface area contributed by atoms with Crippen LogP contribution in [0.25, 0.3) is 0 Å². The molecule has 0 N–H and O–H groups in total. The molecule has 0 aliphatic carbocycles. The van der Waals surface area contributed by atoms with Gasteiger partial charge >= 0.3 is 5.69 Å². The number of aryl methyl sites for hydroxylation is 1. The first-order valence-electron chi connectivity index (χ1n) is 9.41. The molecule has 0 spiro atoms. The Morgan fingerprint density at radius 2 is 2.00 bits per heavy atom. The van der Waals surface area contributed by atoms with Gasteiger partial charge < -0.3 is 9.32 Å². The summed E-state index contributed by atoms with van der Waals surface area (Å²) >= 11 is 0. The highest BCUT2D eigenvalue weighted by Crippen LogP contribution is 2.31. The molecule has 0 bridgehead atoms. The largest absolute Gasteiger partial charge is 0.438 e. The third kappa shape index (κ3) is 3.04. The van der Waals surface area contributed by atoms with Crippen molar-refractivity contribution in [2.75, 3.05) is 6.54 Å². The number of carbonyl (C=O) groups excluding carboxylic acids is 1. The third-order valence-corrected chi connectivity index (χ3v) is 4.93. The summed E-state index contributed by atoms with van der Waals surface area (Å²) in [5.74, 6) is 0.840. The summed E-state index contributed by atoms with van der Waals surface area (Å²) in [5, 5.41) is 4.61. The van der Waals surface area contributed by atoms with Crippen molar-refractivity contribution >= 4 is 5.91 Å². The molecule has 1 aliphatic heterocycles. The molecular formula is C20H23N5O3. The van der Waals surface area contributed by atoms with Gasteiger partial charge in [-0.15, -0.1) is 0 Å². The molecule has 3 aromatic rings. The predicted molar refractivity (Wildman–Crippen MR) is 102 cm³/mol. The van der Waals surface area contributed by atoms with E-state index < -0.39 is 6.04 Å². The summed E-state index contributed by atoms with van der Waals surface area (Å²) in [4.78, 5) is 31.8. The van der Waals surface area contributed by atoms with Crippen LogP contribution in [-0.4, -0.2) is 36.7 Å². The van der Waals surface area contributed by atoms with Gasteiger partial charge in [-0.05, 0) is 18.4 Å². The molecule has 28 heavy (non-hydrogen) atoms. The molecule has 2 aromatic heterocycles. The van der Waals surface area contributed by atoms with E-state index in [4.69, 9.17) is 4.42 Å². The van der Waals surface area contributed by atoms with E-state index in [9.17, 15) is 9.59 Å². The lowest BCUT2D eigenvalue weighted by atomic mass is 10.0. The topological polar surface area (TPSA) is 86.2 Å². The van der Waals surface area contributed by atoms with Crippen LogP contribution < -0.4 is 5.69 Å². The van der Waals surface area contributed by atoms with Gasteiger partial charge in [-0.1, -0.05) is 44.2 Å². The number of fused-ring (bicyclic) bond motifs is 1. The lowest BCUT2D eigenvalue weighted by molar-refractivity contribution is 0.0623. The molecule has 1 aliphatic rings. The molecular weight excluding hydrogens is 358 g/mol. The second kappa shape index (κ2) is 7.10. The first-order valence-corrected chi connectivity index (χ1v) is 9.41. The van der Waals surface area contributed by atoms with Crippen LogP contribution in [0, 0.1) is 12.8 Å². The van der Waals surface area contributed by atoms with Crippen LogP contribution in [0.3, 0.4) is 0 Å². The Morgan fingerprint density at radius 1 is 1.25 bits per heavy atom. The Bertz CT molecular complexity index is 1050. The SMILES string of the molecule is Cc1ncoc1C(=O)N1CCn2c(nn(CC(C)C)c2=O)C1c1ccccc1. The van der Waals surface area contributed by atoms with Crippen LogP contribution in [0.5, 0.6) is 0 Å². The molecule has 1 atom stereocenters. The number of rotatable bonds is 4. The Kier molecular flexibility index (Phi) is 4.62. The van der Waals surface area contributed by atoms with Crippen molar-refractivity contribution in [3.05, 3.63) is 70.1 Å². The third-order valence-electron chi connectivity index (χ3n) is 4.93. The number of amides is 1. The van der Waals surface area contributed by atoms with Crippen molar-refractivity contribution in [3.63, 3.8) is 0 Å². The second-order valence-corrected chi connectivity index (χ2v) is 7.45. The Morgan fingerprint density at radius 3 is 2.64 bits per heavy atom. The van der Waals surface area contributed by atoms with Crippen LogP contribution in [0.15, 0.2) is 45.9 Å². The minimum Gasteiger partial charge on any atom is -0.438 e. The van der Waals surface area contributed by atoms with E-state index in [1.807, 2.05) is 44.2 Å². The Hall–Kier alpha value is -3.16. The zero-order valence-corrected chi connectivity index (χ0v) is 16.2. The first-order chi connectivity index (χ1) is 13.5. The molecule has 1 aromatic carbocycles. The number of benzene rings is 1. The highest BCUT2D eigenvalue weighted by atomic mass is 16.3. The van der Waals surface area contributed by atoms with Crippen molar-refractivity contribution in [1.29, 1.82) is 0 Å². The molecule has 1 unspecified atom stereocenters. The summed E-state index contributed by atoms with van der Waals surface area (Å²) in [7, 11) is 0. The van der Waals surface area contributed by atoms with E-state index in [2.05, 4.69) is 10.1 Å². The average Bonchev–Trinajstić information content (AvgIpc) is 3.24. The molecule has 0 saturated carbocycles. The normalized spacial score (nSPS) is 16.4. The van der Waals surface area contributed by atoms with Crippen LogP contribution in [0.4, 0.5) is 0 Å². The standard InChI is InChI=1S/C20H23N5O3/c1-13(2)11-25-20(27)24-10-9-23(19(26)17-14(3)21-12-28-17)16(18(24)22-25)15-7-5-4-6-8-15/h4-8,12-13,16H,9-11H2,1-3H3. The summed E-state index contributed by atoms with van der Waals surface area (Å²) < 4.78 is 8.52. The van der Waals surface area contributed by atoms with Gasteiger partial charge in [-0.3, -0.25) is 9.36 Å². The molecule has 1 amide bonds. The zero-order valence-electron chi connectivity index (χ0n) is 16.2. The first kappa shape index (κ1) is 18.2. The van der Waals surface area contributed by atoms with Gasteiger partial charge in [0.25, 0.3) is 5.91 Å². The molecule has 8 nitrogen and oxygen atoms in total. The molecule has 0 fully saturated rings. The number of carbonyl (C=O) groups is 1.